The Kier molecular flexibility index (Phi) is 2.66. The Morgan fingerprint density at radius 3 is 2.44 bits per heavy atom. The molecule has 5 atom stereocenters. The quantitative estimate of drug-likeness (QED) is 0.679. The summed E-state index contributed by atoms with van der Waals surface area (Å²) in [5.41, 5.74) is 5.81. The zero-order valence-corrected chi connectivity index (χ0v) is 10.2. The molecule has 1 amide bonds. The fourth-order valence-electron chi connectivity index (χ4n) is 3.69. The first-order valence-electron chi connectivity index (χ1n) is 6.53. The minimum atomic E-state index is -0.839. The van der Waals surface area contributed by atoms with Crippen LogP contribution >= 0.6 is 0 Å². The van der Waals surface area contributed by atoms with E-state index < -0.39 is 11.9 Å². The van der Waals surface area contributed by atoms with Crippen LogP contribution in [0.1, 0.15) is 12.8 Å². The molecule has 0 radical (unpaired) electrons. The Labute approximate surface area is 106 Å². The van der Waals surface area contributed by atoms with Crippen molar-refractivity contribution in [1.29, 1.82) is 0 Å². The summed E-state index contributed by atoms with van der Waals surface area (Å²) >= 11 is 0. The molecule has 1 aliphatic heterocycles. The molecule has 3 rings (SSSR count). The summed E-state index contributed by atoms with van der Waals surface area (Å²) in [6.45, 7) is 1.24. The summed E-state index contributed by atoms with van der Waals surface area (Å²) < 4.78 is 0. The molecule has 0 spiro atoms. The van der Waals surface area contributed by atoms with E-state index in [-0.39, 0.29) is 29.7 Å². The van der Waals surface area contributed by atoms with Gasteiger partial charge >= 0.3 is 5.97 Å². The molecular formula is C13H18N2O3. The fraction of sp³-hybridized carbons (Fsp3) is 0.692. The molecule has 2 bridgehead atoms. The molecule has 1 saturated carbocycles. The summed E-state index contributed by atoms with van der Waals surface area (Å²) in [5.74, 6) is -1.61. The first-order valence-corrected chi connectivity index (χ1v) is 6.53. The Morgan fingerprint density at radius 1 is 1.22 bits per heavy atom. The van der Waals surface area contributed by atoms with Crippen LogP contribution in [0.2, 0.25) is 0 Å². The fourth-order valence-corrected chi connectivity index (χ4v) is 3.69. The number of carbonyl (C=O) groups excluding carboxylic acids is 1. The Balaban J connectivity index is 1.80. The van der Waals surface area contributed by atoms with E-state index in [0.29, 0.717) is 13.1 Å². The van der Waals surface area contributed by atoms with Crippen molar-refractivity contribution in [3.05, 3.63) is 12.2 Å². The highest BCUT2D eigenvalue weighted by atomic mass is 16.4. The summed E-state index contributed by atoms with van der Waals surface area (Å²) in [6, 6.07) is 0.0476. The molecule has 3 unspecified atom stereocenters. The van der Waals surface area contributed by atoms with Crippen LogP contribution in [0.4, 0.5) is 0 Å². The molecule has 0 aromatic heterocycles. The maximum Gasteiger partial charge on any atom is 0.307 e. The van der Waals surface area contributed by atoms with E-state index in [9.17, 15) is 14.7 Å². The molecule has 98 valence electrons. The molecular weight excluding hydrogens is 232 g/mol. The lowest BCUT2D eigenvalue weighted by Gasteiger charge is -2.28. The zero-order chi connectivity index (χ0) is 12.9. The van der Waals surface area contributed by atoms with Gasteiger partial charge in [0.2, 0.25) is 5.91 Å². The molecule has 0 aromatic rings. The molecule has 3 aliphatic rings. The number of fused-ring (bicyclic) bond motifs is 2. The normalized spacial score (nSPS) is 41.6. The minimum Gasteiger partial charge on any atom is -0.481 e. The van der Waals surface area contributed by atoms with Crippen LogP contribution in [-0.4, -0.2) is 41.0 Å². The van der Waals surface area contributed by atoms with Crippen molar-refractivity contribution < 1.29 is 14.7 Å². The van der Waals surface area contributed by atoms with E-state index in [1.807, 2.05) is 12.2 Å². The number of hydrogen-bond acceptors (Lipinski definition) is 3. The number of hydrogen-bond donors (Lipinski definition) is 2. The van der Waals surface area contributed by atoms with Crippen molar-refractivity contribution in [1.82, 2.24) is 4.90 Å². The number of aliphatic carboxylic acids is 1. The van der Waals surface area contributed by atoms with E-state index in [4.69, 9.17) is 5.73 Å². The average Bonchev–Trinajstić information content (AvgIpc) is 3.01. The monoisotopic (exact) mass is 250 g/mol. The zero-order valence-electron chi connectivity index (χ0n) is 10.2. The van der Waals surface area contributed by atoms with Gasteiger partial charge in [-0.15, -0.1) is 0 Å². The third kappa shape index (κ3) is 1.65. The van der Waals surface area contributed by atoms with Crippen molar-refractivity contribution in [3.63, 3.8) is 0 Å². The summed E-state index contributed by atoms with van der Waals surface area (Å²) in [6.07, 6.45) is 5.61. The van der Waals surface area contributed by atoms with Gasteiger partial charge in [-0.1, -0.05) is 12.2 Å². The van der Waals surface area contributed by atoms with Crippen molar-refractivity contribution in [2.45, 2.75) is 18.9 Å². The van der Waals surface area contributed by atoms with Gasteiger partial charge in [-0.05, 0) is 24.7 Å². The summed E-state index contributed by atoms with van der Waals surface area (Å²) in [4.78, 5) is 25.6. The van der Waals surface area contributed by atoms with Crippen molar-refractivity contribution in [3.8, 4) is 0 Å². The Bertz CT molecular complexity index is 420. The smallest absolute Gasteiger partial charge is 0.307 e. The maximum atomic E-state index is 12.5. The first kappa shape index (κ1) is 11.7. The highest BCUT2D eigenvalue weighted by Gasteiger charge is 2.52. The number of carboxylic acids is 1. The molecule has 18 heavy (non-hydrogen) atoms. The van der Waals surface area contributed by atoms with Crippen LogP contribution < -0.4 is 5.73 Å². The number of amides is 1. The molecule has 0 aromatic carbocycles. The van der Waals surface area contributed by atoms with Gasteiger partial charge in [-0.2, -0.15) is 0 Å². The topological polar surface area (TPSA) is 83.6 Å². The van der Waals surface area contributed by atoms with Gasteiger partial charge in [0, 0.05) is 19.1 Å². The molecule has 5 heteroatoms. The second kappa shape index (κ2) is 4.09. The SMILES string of the molecule is NC1CCN(C(=O)[C@H]2C3C=CC(C3)[C@H]2C(=O)O)C1. The van der Waals surface area contributed by atoms with E-state index >= 15 is 0 Å². The van der Waals surface area contributed by atoms with Gasteiger partial charge in [0.1, 0.15) is 0 Å². The van der Waals surface area contributed by atoms with Gasteiger partial charge in [0.05, 0.1) is 11.8 Å². The number of carboxylic acid groups (broad SMARTS) is 1. The second-order valence-electron chi connectivity index (χ2n) is 5.67. The standard InChI is InChI=1S/C13H18N2O3/c14-9-3-4-15(6-9)12(16)10-7-1-2-8(5-7)11(10)13(17)18/h1-2,7-11H,3-6,14H2,(H,17,18)/t7?,8?,9?,10-,11+/m0/s1. The number of rotatable bonds is 2. The average molecular weight is 250 g/mol. The van der Waals surface area contributed by atoms with Gasteiger partial charge in [0.15, 0.2) is 0 Å². The van der Waals surface area contributed by atoms with Crippen molar-refractivity contribution in [2.24, 2.45) is 29.4 Å². The number of likely N-dealkylation sites (tertiary alicyclic amines) is 1. The van der Waals surface area contributed by atoms with Crippen LogP contribution in [0, 0.1) is 23.7 Å². The van der Waals surface area contributed by atoms with Crippen LogP contribution in [0.3, 0.4) is 0 Å². The highest BCUT2D eigenvalue weighted by molar-refractivity contribution is 5.87. The second-order valence-corrected chi connectivity index (χ2v) is 5.67. The van der Waals surface area contributed by atoms with Gasteiger partial charge in [0.25, 0.3) is 0 Å². The molecule has 2 aliphatic carbocycles. The van der Waals surface area contributed by atoms with E-state index in [1.165, 1.54) is 0 Å². The number of carbonyl (C=O) groups is 2. The predicted molar refractivity (Wildman–Crippen MR) is 64.5 cm³/mol. The van der Waals surface area contributed by atoms with Crippen LogP contribution in [0.25, 0.3) is 0 Å². The van der Waals surface area contributed by atoms with E-state index in [1.54, 1.807) is 4.90 Å². The third-order valence-electron chi connectivity index (χ3n) is 4.57. The molecule has 2 fully saturated rings. The Hall–Kier alpha value is -1.36. The highest BCUT2D eigenvalue weighted by Crippen LogP contribution is 2.48. The lowest BCUT2D eigenvalue weighted by atomic mass is 9.82. The minimum absolute atomic E-state index is 0.00722. The van der Waals surface area contributed by atoms with Gasteiger partial charge < -0.3 is 15.7 Å². The van der Waals surface area contributed by atoms with Crippen LogP contribution in [-0.2, 0) is 9.59 Å². The summed E-state index contributed by atoms with van der Waals surface area (Å²) in [7, 11) is 0. The largest absolute Gasteiger partial charge is 0.481 e. The van der Waals surface area contributed by atoms with Gasteiger partial charge in [-0.3, -0.25) is 9.59 Å². The number of nitrogens with zero attached hydrogens (tertiary/aromatic N) is 1. The number of allylic oxidation sites excluding steroid dienone is 2. The van der Waals surface area contributed by atoms with Crippen molar-refractivity contribution in [2.75, 3.05) is 13.1 Å². The first-order chi connectivity index (χ1) is 8.58. The Morgan fingerprint density at radius 2 is 1.89 bits per heavy atom. The lowest BCUT2D eigenvalue weighted by molar-refractivity contribution is -0.150. The maximum absolute atomic E-state index is 12.5. The molecule has 5 nitrogen and oxygen atoms in total. The predicted octanol–water partition coefficient (Wildman–Crippen LogP) is 0.0689. The van der Waals surface area contributed by atoms with E-state index in [2.05, 4.69) is 0 Å². The van der Waals surface area contributed by atoms with Crippen molar-refractivity contribution >= 4 is 11.9 Å². The molecule has 1 heterocycles. The lowest BCUT2D eigenvalue weighted by Crippen LogP contribution is -2.42. The van der Waals surface area contributed by atoms with Crippen LogP contribution in [0.5, 0.6) is 0 Å². The van der Waals surface area contributed by atoms with Crippen LogP contribution in [0.15, 0.2) is 12.2 Å². The summed E-state index contributed by atoms with van der Waals surface area (Å²) in [5, 5.41) is 9.32. The third-order valence-corrected chi connectivity index (χ3v) is 4.57. The molecule has 3 N–H and O–H groups in total. The number of nitrogens with two attached hydrogens (primary N) is 1. The van der Waals surface area contributed by atoms with Gasteiger partial charge in [-0.25, -0.2) is 0 Å². The van der Waals surface area contributed by atoms with E-state index in [0.717, 1.165) is 12.8 Å². The molecule has 1 saturated heterocycles.